The number of fused-ring (bicyclic) bond motifs is 1. The van der Waals surface area contributed by atoms with Gasteiger partial charge in [0.25, 0.3) is 5.91 Å². The van der Waals surface area contributed by atoms with E-state index in [0.29, 0.717) is 24.6 Å². The summed E-state index contributed by atoms with van der Waals surface area (Å²) in [6, 6.07) is 15.5. The van der Waals surface area contributed by atoms with Crippen LogP contribution in [0.1, 0.15) is 71.7 Å². The molecular weight excluding hydrogens is 471 g/mol. The minimum atomic E-state index is -0.299. The number of carbonyl (C=O) groups excluding carboxylic acids is 2. The van der Waals surface area contributed by atoms with Crippen molar-refractivity contribution in [2.75, 3.05) is 20.1 Å². The predicted octanol–water partition coefficient (Wildman–Crippen LogP) is 5.75. The number of ether oxygens (including phenoxy) is 1. The molecule has 6 nitrogen and oxygen atoms in total. The molecule has 2 aliphatic rings. The zero-order valence-electron chi connectivity index (χ0n) is 21.4. The number of carbonyl (C=O) groups is 2. The lowest BCUT2D eigenvalue weighted by Crippen LogP contribution is -2.43. The first kappa shape index (κ1) is 25.1. The fourth-order valence-corrected chi connectivity index (χ4v) is 5.39. The van der Waals surface area contributed by atoms with Crippen molar-refractivity contribution in [3.63, 3.8) is 0 Å². The number of nitrogens with zero attached hydrogens (tertiary/aromatic N) is 2. The van der Waals surface area contributed by atoms with Gasteiger partial charge in [0.05, 0.1) is 6.04 Å². The molecule has 1 aliphatic heterocycles. The summed E-state index contributed by atoms with van der Waals surface area (Å²) < 4.78 is 25.5. The summed E-state index contributed by atoms with van der Waals surface area (Å²) in [4.78, 5) is 29.5. The van der Waals surface area contributed by atoms with E-state index in [9.17, 15) is 14.0 Å². The summed E-state index contributed by atoms with van der Waals surface area (Å²) in [6.45, 7) is 3.31. The third-order valence-electron chi connectivity index (χ3n) is 7.59. The van der Waals surface area contributed by atoms with Crippen LogP contribution in [-0.2, 0) is 17.8 Å². The van der Waals surface area contributed by atoms with Crippen LogP contribution in [0, 0.1) is 11.7 Å². The van der Waals surface area contributed by atoms with E-state index in [4.69, 9.17) is 9.15 Å². The highest BCUT2D eigenvalue weighted by molar-refractivity contribution is 5.91. The highest BCUT2D eigenvalue weighted by Crippen LogP contribution is 2.39. The van der Waals surface area contributed by atoms with Crippen LogP contribution in [0.25, 0.3) is 0 Å². The van der Waals surface area contributed by atoms with Crippen LogP contribution in [0.2, 0.25) is 0 Å². The molecule has 0 spiro atoms. The minimum Gasteiger partial charge on any atom is -0.486 e. The van der Waals surface area contributed by atoms with E-state index in [1.807, 2.05) is 30.0 Å². The fraction of sp³-hybridized carbons (Fsp3) is 0.400. The maximum Gasteiger partial charge on any atom is 0.289 e. The first-order valence-electron chi connectivity index (χ1n) is 13.1. The summed E-state index contributed by atoms with van der Waals surface area (Å²) in [6.07, 6.45) is 4.82. The lowest BCUT2D eigenvalue weighted by Gasteiger charge is -2.39. The smallest absolute Gasteiger partial charge is 0.289 e. The molecule has 3 aromatic rings. The summed E-state index contributed by atoms with van der Waals surface area (Å²) in [7, 11) is 1.73. The fourth-order valence-electron chi connectivity index (χ4n) is 5.39. The number of rotatable bonds is 7. The van der Waals surface area contributed by atoms with Gasteiger partial charge >= 0.3 is 0 Å². The SMILES string of the molecule is CCN(C)C(=O)c1ccc(COc2ccc3c(c2)[C@H](c2ccc(F)cc2)N(C(=O)C2CCCC2)CC3)o1. The molecule has 1 atom stereocenters. The van der Waals surface area contributed by atoms with Crippen molar-refractivity contribution in [1.29, 1.82) is 0 Å². The zero-order valence-corrected chi connectivity index (χ0v) is 21.4. The highest BCUT2D eigenvalue weighted by Gasteiger charge is 2.36. The van der Waals surface area contributed by atoms with Crippen LogP contribution in [0.15, 0.2) is 59.0 Å². The van der Waals surface area contributed by atoms with Crippen LogP contribution >= 0.6 is 0 Å². The van der Waals surface area contributed by atoms with Crippen LogP contribution in [0.5, 0.6) is 5.75 Å². The second-order valence-electron chi connectivity index (χ2n) is 9.95. The Morgan fingerprint density at radius 1 is 1.08 bits per heavy atom. The molecule has 0 radical (unpaired) electrons. The average Bonchev–Trinajstić information content (AvgIpc) is 3.63. The predicted molar refractivity (Wildman–Crippen MR) is 138 cm³/mol. The molecule has 5 rings (SSSR count). The normalized spacial score (nSPS) is 17.5. The zero-order chi connectivity index (χ0) is 25.9. The van der Waals surface area contributed by atoms with E-state index in [2.05, 4.69) is 0 Å². The summed E-state index contributed by atoms with van der Waals surface area (Å²) >= 11 is 0. The van der Waals surface area contributed by atoms with Crippen molar-refractivity contribution in [2.24, 2.45) is 5.92 Å². The Kier molecular flexibility index (Phi) is 7.31. The van der Waals surface area contributed by atoms with E-state index < -0.39 is 0 Å². The molecular formula is C30H33FN2O4. The van der Waals surface area contributed by atoms with Gasteiger partial charge in [0, 0.05) is 26.1 Å². The number of hydrogen-bond donors (Lipinski definition) is 0. The lowest BCUT2D eigenvalue weighted by molar-refractivity contribution is -0.137. The molecule has 2 amide bonds. The van der Waals surface area contributed by atoms with Gasteiger partial charge in [-0.05, 0) is 79.3 Å². The first-order valence-corrected chi connectivity index (χ1v) is 13.1. The van der Waals surface area contributed by atoms with Crippen molar-refractivity contribution in [3.8, 4) is 5.75 Å². The highest BCUT2D eigenvalue weighted by atomic mass is 19.1. The Bertz CT molecular complexity index is 1260. The van der Waals surface area contributed by atoms with Crippen LogP contribution in [0.3, 0.4) is 0 Å². The Morgan fingerprint density at radius 3 is 2.57 bits per heavy atom. The average molecular weight is 505 g/mol. The van der Waals surface area contributed by atoms with E-state index in [1.54, 1.807) is 36.2 Å². The molecule has 0 bridgehead atoms. The maximum absolute atomic E-state index is 13.8. The van der Waals surface area contributed by atoms with Gasteiger partial charge in [-0.1, -0.05) is 31.0 Å². The minimum absolute atomic E-state index is 0.0616. The van der Waals surface area contributed by atoms with Gasteiger partial charge < -0.3 is 19.0 Å². The van der Waals surface area contributed by atoms with E-state index >= 15 is 0 Å². The van der Waals surface area contributed by atoms with Gasteiger partial charge in [0.2, 0.25) is 5.91 Å². The van der Waals surface area contributed by atoms with Crippen molar-refractivity contribution >= 4 is 11.8 Å². The molecule has 37 heavy (non-hydrogen) atoms. The van der Waals surface area contributed by atoms with Crippen LogP contribution in [0.4, 0.5) is 4.39 Å². The molecule has 0 saturated heterocycles. The lowest BCUT2D eigenvalue weighted by atomic mass is 9.87. The Hall–Kier alpha value is -3.61. The second kappa shape index (κ2) is 10.8. The molecule has 0 unspecified atom stereocenters. The standard InChI is InChI=1S/C30H33FN2O4/c1-3-32(2)30(35)27-15-14-25(37-27)19-36-24-13-10-20-16-17-33(29(34)22-6-4-5-7-22)28(26(20)18-24)21-8-11-23(31)12-9-21/h8-15,18,22,28H,3-7,16-17,19H2,1-2H3/t28-/m0/s1. The largest absolute Gasteiger partial charge is 0.486 e. The van der Waals surface area contributed by atoms with Gasteiger partial charge in [-0.3, -0.25) is 9.59 Å². The number of furan rings is 1. The van der Waals surface area contributed by atoms with Gasteiger partial charge in [0.15, 0.2) is 5.76 Å². The maximum atomic E-state index is 13.8. The Balaban J connectivity index is 1.40. The number of amides is 2. The van der Waals surface area contributed by atoms with E-state index in [-0.39, 0.29) is 42.0 Å². The molecule has 2 heterocycles. The third kappa shape index (κ3) is 5.26. The summed E-state index contributed by atoms with van der Waals surface area (Å²) in [5.41, 5.74) is 3.05. The van der Waals surface area contributed by atoms with Gasteiger partial charge in [0.1, 0.15) is 23.9 Å². The summed E-state index contributed by atoms with van der Waals surface area (Å²) in [5.74, 6) is 1.27. The van der Waals surface area contributed by atoms with Crippen molar-refractivity contribution in [2.45, 2.75) is 51.7 Å². The van der Waals surface area contributed by atoms with Crippen molar-refractivity contribution < 1.29 is 23.1 Å². The number of hydrogen-bond acceptors (Lipinski definition) is 4. The molecule has 1 aliphatic carbocycles. The molecule has 194 valence electrons. The number of benzene rings is 2. The van der Waals surface area contributed by atoms with Gasteiger partial charge in [-0.2, -0.15) is 0 Å². The summed E-state index contributed by atoms with van der Waals surface area (Å²) in [5, 5.41) is 0. The van der Waals surface area contributed by atoms with Gasteiger partial charge in [-0.25, -0.2) is 4.39 Å². The Labute approximate surface area is 217 Å². The van der Waals surface area contributed by atoms with E-state index in [0.717, 1.165) is 48.8 Å². The topological polar surface area (TPSA) is 63.0 Å². The molecule has 0 N–H and O–H groups in total. The second-order valence-corrected chi connectivity index (χ2v) is 9.95. The molecule has 1 saturated carbocycles. The van der Waals surface area contributed by atoms with Gasteiger partial charge in [-0.15, -0.1) is 0 Å². The molecule has 1 aromatic heterocycles. The Morgan fingerprint density at radius 2 is 1.84 bits per heavy atom. The van der Waals surface area contributed by atoms with E-state index in [1.165, 1.54) is 12.1 Å². The monoisotopic (exact) mass is 504 g/mol. The van der Waals surface area contributed by atoms with Crippen molar-refractivity contribution in [3.05, 3.63) is 88.6 Å². The quantitative estimate of drug-likeness (QED) is 0.411. The number of halogens is 1. The molecule has 2 aromatic carbocycles. The van der Waals surface area contributed by atoms with Crippen molar-refractivity contribution in [1.82, 2.24) is 9.80 Å². The third-order valence-corrected chi connectivity index (χ3v) is 7.59. The molecule has 7 heteroatoms. The van der Waals surface area contributed by atoms with Crippen LogP contribution < -0.4 is 4.74 Å². The molecule has 1 fully saturated rings. The van der Waals surface area contributed by atoms with Crippen LogP contribution in [-0.4, -0.2) is 41.8 Å². The first-order chi connectivity index (χ1) is 17.9.